The molecule has 2 aliphatic carbocycles. The van der Waals surface area contributed by atoms with Crippen molar-refractivity contribution in [3.05, 3.63) is 30.5 Å². The van der Waals surface area contributed by atoms with Gasteiger partial charge in [0.15, 0.2) is 5.78 Å². The Morgan fingerprint density at radius 3 is 2.45 bits per heavy atom. The van der Waals surface area contributed by atoms with Crippen LogP contribution in [-0.2, 0) is 38.4 Å². The van der Waals surface area contributed by atoms with Crippen LogP contribution in [0.1, 0.15) is 111 Å². The summed E-state index contributed by atoms with van der Waals surface area (Å²) in [6.07, 6.45) is 7.62. The van der Waals surface area contributed by atoms with E-state index in [1.165, 1.54) is 4.90 Å². The minimum atomic E-state index is -4.40. The number of amides is 2. The molecule has 0 unspecified atom stereocenters. The quantitative estimate of drug-likeness (QED) is 0.318. The van der Waals surface area contributed by atoms with E-state index in [0.29, 0.717) is 43.7 Å². The van der Waals surface area contributed by atoms with Crippen LogP contribution in [0, 0.1) is 17.3 Å². The van der Waals surface area contributed by atoms with Crippen molar-refractivity contribution in [3.63, 3.8) is 0 Å². The normalized spacial score (nSPS) is 27.8. The molecule has 2 saturated heterocycles. The largest absolute Gasteiger partial charge is 0.497 e. The SMILES string of the molecule is COc1ccc2c(O[C@@H]3C[C@H]4C(=O)C[C@]5(C(=O)NS(=O)(=O)OC6(C)CC6)C[C@H]5CCCCCCC[C@H](CC(=O)OC(C)(C)C)C(=O)N4C3)nccc2c1. The molecule has 5 atom stereocenters. The number of carbonyl (C=O) groups is 4. The molecule has 0 bridgehead atoms. The summed E-state index contributed by atoms with van der Waals surface area (Å²) in [4.78, 5) is 61.9. The first-order valence-electron chi connectivity index (χ1n) is 18.9. The first-order chi connectivity index (χ1) is 25.0. The van der Waals surface area contributed by atoms with Gasteiger partial charge in [-0.25, -0.2) is 13.9 Å². The number of Topliss-reactive ketones (excluding diaryl/α,β-unsaturated/α-hetero) is 1. The van der Waals surface area contributed by atoms with Crippen LogP contribution in [0.25, 0.3) is 10.8 Å². The fourth-order valence-electron chi connectivity index (χ4n) is 7.91. The Morgan fingerprint density at radius 1 is 1.04 bits per heavy atom. The van der Waals surface area contributed by atoms with Crippen molar-refractivity contribution < 1.29 is 46.0 Å². The van der Waals surface area contributed by atoms with Gasteiger partial charge in [-0.1, -0.05) is 32.1 Å². The topological polar surface area (TPSA) is 168 Å². The lowest BCUT2D eigenvalue weighted by Crippen LogP contribution is -2.46. The van der Waals surface area contributed by atoms with Gasteiger partial charge in [-0.15, -0.1) is 0 Å². The molecular weight excluding hydrogens is 703 g/mol. The summed E-state index contributed by atoms with van der Waals surface area (Å²) in [6.45, 7) is 7.07. The van der Waals surface area contributed by atoms with Gasteiger partial charge in [0.05, 0.1) is 37.1 Å². The molecule has 3 heterocycles. The molecule has 1 N–H and O–H groups in total. The summed E-state index contributed by atoms with van der Waals surface area (Å²) in [5, 5.41) is 1.58. The third kappa shape index (κ3) is 9.48. The number of nitrogens with zero attached hydrogens (tertiary/aromatic N) is 2. The lowest BCUT2D eigenvalue weighted by Gasteiger charge is -2.29. The Morgan fingerprint density at radius 2 is 1.75 bits per heavy atom. The molecule has 2 saturated carbocycles. The highest BCUT2D eigenvalue weighted by atomic mass is 32.2. The summed E-state index contributed by atoms with van der Waals surface area (Å²) >= 11 is 0. The van der Waals surface area contributed by atoms with Crippen molar-refractivity contribution in [2.45, 2.75) is 135 Å². The number of hydrogen-bond donors (Lipinski definition) is 1. The predicted molar refractivity (Wildman–Crippen MR) is 195 cm³/mol. The average Bonchev–Trinajstić information content (AvgIpc) is 3.93. The van der Waals surface area contributed by atoms with E-state index in [0.717, 1.165) is 42.9 Å². The van der Waals surface area contributed by atoms with Gasteiger partial charge in [0.25, 0.3) is 0 Å². The fraction of sp³-hybridized carbons (Fsp3) is 0.667. The molecule has 0 spiro atoms. The van der Waals surface area contributed by atoms with Crippen LogP contribution in [0.2, 0.25) is 0 Å². The van der Waals surface area contributed by atoms with Gasteiger partial charge in [-0.05, 0) is 95.4 Å². The standard InChI is InChI=1S/C39H53N3O10S/c1-37(2,3)51-33(44)20-26-11-9-7-6-8-10-12-27-22-39(27,36(46)41-53(47,48)52-38(4)16-17-38)23-32(43)31-21-29(24-42(31)35(26)45)50-34-30-14-13-28(49-5)19-25(30)15-18-40-34/h13-15,18-19,26-27,29,31H,6-12,16-17,20-24H2,1-5H3,(H,41,46)/t26-,27-,29-,31+,39-/m1/s1. The van der Waals surface area contributed by atoms with E-state index in [1.54, 1.807) is 47.1 Å². The van der Waals surface area contributed by atoms with E-state index in [4.69, 9.17) is 18.4 Å². The highest BCUT2D eigenvalue weighted by Crippen LogP contribution is 2.59. The smallest absolute Gasteiger partial charge is 0.362 e. The Labute approximate surface area is 312 Å². The van der Waals surface area contributed by atoms with Gasteiger partial charge < -0.3 is 19.1 Å². The second-order valence-corrected chi connectivity index (χ2v) is 17.9. The number of methoxy groups -OCH3 is 1. The molecule has 13 nitrogen and oxygen atoms in total. The zero-order chi connectivity index (χ0) is 38.2. The number of nitrogens with one attached hydrogen (secondary N) is 1. The van der Waals surface area contributed by atoms with Gasteiger partial charge in [-0.2, -0.15) is 8.42 Å². The highest BCUT2D eigenvalue weighted by Gasteiger charge is 2.62. The Kier molecular flexibility index (Phi) is 11.1. The molecule has 1 aromatic heterocycles. The van der Waals surface area contributed by atoms with E-state index in [-0.39, 0.29) is 43.4 Å². The lowest BCUT2D eigenvalue weighted by molar-refractivity contribution is -0.159. The predicted octanol–water partition coefficient (Wildman–Crippen LogP) is 5.58. The maximum absolute atomic E-state index is 14.5. The van der Waals surface area contributed by atoms with E-state index >= 15 is 0 Å². The van der Waals surface area contributed by atoms with Crippen LogP contribution in [-0.4, -0.2) is 78.9 Å². The van der Waals surface area contributed by atoms with Gasteiger partial charge >= 0.3 is 16.3 Å². The molecule has 2 aliphatic heterocycles. The summed E-state index contributed by atoms with van der Waals surface area (Å²) < 4.78 is 50.7. The fourth-order valence-corrected chi connectivity index (χ4v) is 9.07. The van der Waals surface area contributed by atoms with Crippen LogP contribution >= 0.6 is 0 Å². The van der Waals surface area contributed by atoms with E-state index < -0.39 is 56.9 Å². The van der Waals surface area contributed by atoms with Crippen LogP contribution < -0.4 is 14.2 Å². The van der Waals surface area contributed by atoms with Crippen molar-refractivity contribution in [2.75, 3.05) is 13.7 Å². The molecular formula is C39H53N3O10S. The number of hydrogen-bond acceptors (Lipinski definition) is 11. The molecule has 0 radical (unpaired) electrons. The van der Waals surface area contributed by atoms with Crippen LogP contribution in [0.4, 0.5) is 0 Å². The third-order valence-corrected chi connectivity index (χ3v) is 12.1. The number of esters is 1. The zero-order valence-electron chi connectivity index (χ0n) is 31.5. The number of pyridine rings is 1. The van der Waals surface area contributed by atoms with Crippen molar-refractivity contribution in [3.8, 4) is 11.6 Å². The number of aromatic nitrogens is 1. The Bertz CT molecular complexity index is 1840. The van der Waals surface area contributed by atoms with Gasteiger partial charge in [0.2, 0.25) is 17.7 Å². The molecule has 2 aromatic rings. The molecule has 1 aromatic carbocycles. The summed E-state index contributed by atoms with van der Waals surface area (Å²) in [6, 6.07) is 6.39. The molecule has 290 valence electrons. The number of carbonyl (C=O) groups excluding carboxylic acids is 4. The Hall–Kier alpha value is -3.78. The first kappa shape index (κ1) is 38.9. The zero-order valence-corrected chi connectivity index (χ0v) is 32.3. The van der Waals surface area contributed by atoms with Crippen molar-refractivity contribution >= 4 is 44.6 Å². The maximum Gasteiger partial charge on any atom is 0.362 e. The highest BCUT2D eigenvalue weighted by molar-refractivity contribution is 7.85. The molecule has 2 amide bonds. The van der Waals surface area contributed by atoms with Crippen LogP contribution in [0.5, 0.6) is 11.6 Å². The molecule has 53 heavy (non-hydrogen) atoms. The molecule has 6 rings (SSSR count). The van der Waals surface area contributed by atoms with Crippen molar-refractivity contribution in [2.24, 2.45) is 17.3 Å². The van der Waals surface area contributed by atoms with Crippen molar-refractivity contribution in [1.82, 2.24) is 14.6 Å². The molecule has 4 aliphatic rings. The first-order valence-corrected chi connectivity index (χ1v) is 20.3. The summed E-state index contributed by atoms with van der Waals surface area (Å²) in [5.41, 5.74) is -2.80. The van der Waals surface area contributed by atoms with E-state index in [9.17, 15) is 27.6 Å². The second-order valence-electron chi connectivity index (χ2n) is 16.6. The van der Waals surface area contributed by atoms with E-state index in [1.807, 2.05) is 18.2 Å². The second kappa shape index (κ2) is 15.2. The number of benzene rings is 1. The van der Waals surface area contributed by atoms with Crippen LogP contribution in [0.3, 0.4) is 0 Å². The number of rotatable bonds is 9. The van der Waals surface area contributed by atoms with E-state index in [2.05, 4.69) is 9.71 Å². The van der Waals surface area contributed by atoms with Gasteiger partial charge in [-0.3, -0.25) is 19.2 Å². The average molecular weight is 756 g/mol. The number of fused-ring (bicyclic) bond motifs is 3. The van der Waals surface area contributed by atoms with Crippen molar-refractivity contribution in [1.29, 1.82) is 0 Å². The Balaban J connectivity index is 1.29. The molecule has 14 heteroatoms. The lowest BCUT2D eigenvalue weighted by atomic mass is 9.90. The maximum atomic E-state index is 14.5. The molecule has 4 fully saturated rings. The summed E-state index contributed by atoms with van der Waals surface area (Å²) in [7, 11) is -2.81. The van der Waals surface area contributed by atoms with Gasteiger partial charge in [0.1, 0.15) is 17.5 Å². The third-order valence-electron chi connectivity index (χ3n) is 11.1. The number of ether oxygens (including phenoxy) is 3. The monoisotopic (exact) mass is 755 g/mol. The van der Waals surface area contributed by atoms with Gasteiger partial charge in [0, 0.05) is 30.3 Å². The number of ketones is 1. The minimum absolute atomic E-state index is 0.0672. The summed E-state index contributed by atoms with van der Waals surface area (Å²) in [5.74, 6) is -1.81. The van der Waals surface area contributed by atoms with Crippen LogP contribution in [0.15, 0.2) is 30.5 Å². The minimum Gasteiger partial charge on any atom is -0.497 e.